The molecule has 1 fully saturated rings. The average Bonchev–Trinajstić information content (AvgIpc) is 2.06. The summed E-state index contributed by atoms with van der Waals surface area (Å²) in [5.41, 5.74) is 4.32. The molecule has 0 spiro atoms. The zero-order valence-corrected chi connectivity index (χ0v) is 10.4. The number of nitrogens with zero attached hydrogens (tertiary/aromatic N) is 1. The van der Waals surface area contributed by atoms with E-state index in [1.54, 1.807) is 0 Å². The molecule has 0 aromatic heterocycles. The van der Waals surface area contributed by atoms with Crippen molar-refractivity contribution in [3.8, 4) is 0 Å². The summed E-state index contributed by atoms with van der Waals surface area (Å²) < 4.78 is 5.50. The fraction of sp³-hybridized carbons (Fsp3) is 0.700. The van der Waals surface area contributed by atoms with E-state index in [1.165, 1.54) is 5.57 Å². The first-order valence-electron chi connectivity index (χ1n) is 4.95. The molecule has 1 heterocycles. The highest BCUT2D eigenvalue weighted by atomic mass is 28.3. The van der Waals surface area contributed by atoms with Crippen LogP contribution in [0.2, 0.25) is 19.6 Å². The first kappa shape index (κ1) is 11.5. The van der Waals surface area contributed by atoms with Crippen LogP contribution in [0.4, 0.5) is 0 Å². The summed E-state index contributed by atoms with van der Waals surface area (Å²) in [7, 11) is -1.19. The number of rotatable bonds is 1. The van der Waals surface area contributed by atoms with Crippen molar-refractivity contribution in [3.05, 3.63) is 11.3 Å². The molecule has 1 rings (SSSR count). The van der Waals surface area contributed by atoms with Gasteiger partial charge in [0.15, 0.2) is 0 Å². The molecule has 1 aliphatic heterocycles. The highest BCUT2D eigenvalue weighted by Crippen LogP contribution is 2.18. The van der Waals surface area contributed by atoms with Crippen molar-refractivity contribution in [2.24, 2.45) is 5.16 Å². The Morgan fingerprint density at radius 1 is 1.50 bits per heavy atom. The van der Waals surface area contributed by atoms with Gasteiger partial charge in [0, 0.05) is 6.42 Å². The van der Waals surface area contributed by atoms with Gasteiger partial charge < -0.3 is 9.94 Å². The minimum absolute atomic E-state index is 0.0428. The van der Waals surface area contributed by atoms with Gasteiger partial charge in [-0.2, -0.15) is 0 Å². The summed E-state index contributed by atoms with van der Waals surface area (Å²) in [5, 5.41) is 12.0. The second-order valence-corrected chi connectivity index (χ2v) is 9.91. The van der Waals surface area contributed by atoms with Gasteiger partial charge in [0.25, 0.3) is 0 Å². The minimum atomic E-state index is -1.19. The Morgan fingerprint density at radius 3 is 2.64 bits per heavy atom. The molecule has 14 heavy (non-hydrogen) atoms. The molecule has 0 aromatic rings. The molecule has 3 nitrogen and oxygen atoms in total. The summed E-state index contributed by atoms with van der Waals surface area (Å²) in [6.45, 7) is 9.46. The van der Waals surface area contributed by atoms with Gasteiger partial charge in [-0.25, -0.2) is 0 Å². The quantitative estimate of drug-likeness (QED) is 0.413. The van der Waals surface area contributed by atoms with Crippen molar-refractivity contribution in [1.29, 1.82) is 0 Å². The third-order valence-corrected chi connectivity index (χ3v) is 3.44. The average molecular weight is 213 g/mol. The predicted octanol–water partition coefficient (Wildman–Crippen LogP) is 2.43. The number of hydrogen-bond acceptors (Lipinski definition) is 3. The molecule has 0 aliphatic carbocycles. The number of oxime groups is 1. The summed E-state index contributed by atoms with van der Waals surface area (Å²) in [4.78, 5) is 0. The highest BCUT2D eigenvalue weighted by molar-refractivity contribution is 6.81. The maximum absolute atomic E-state index is 8.77. The molecule has 0 amide bonds. The normalized spacial score (nSPS) is 29.9. The number of ether oxygens (including phenoxy) is 1. The van der Waals surface area contributed by atoms with Crippen molar-refractivity contribution < 1.29 is 9.94 Å². The van der Waals surface area contributed by atoms with Crippen LogP contribution in [0.3, 0.4) is 0 Å². The summed E-state index contributed by atoms with van der Waals surface area (Å²) in [5.74, 6) is 0. The largest absolute Gasteiger partial charge is 0.411 e. The van der Waals surface area contributed by atoms with Crippen LogP contribution in [0.1, 0.15) is 13.3 Å². The maximum atomic E-state index is 8.77. The molecule has 1 aliphatic rings. The lowest BCUT2D eigenvalue weighted by Gasteiger charge is -2.24. The van der Waals surface area contributed by atoms with Crippen molar-refractivity contribution in [2.75, 3.05) is 6.61 Å². The fourth-order valence-corrected chi connectivity index (χ4v) is 2.99. The van der Waals surface area contributed by atoms with Crippen LogP contribution in [0.15, 0.2) is 16.4 Å². The van der Waals surface area contributed by atoms with E-state index in [1.807, 2.05) is 6.92 Å². The molecular weight excluding hydrogens is 194 g/mol. The van der Waals surface area contributed by atoms with Crippen molar-refractivity contribution >= 4 is 13.8 Å². The van der Waals surface area contributed by atoms with E-state index in [0.717, 1.165) is 12.1 Å². The van der Waals surface area contributed by atoms with Gasteiger partial charge in [-0.1, -0.05) is 30.5 Å². The van der Waals surface area contributed by atoms with E-state index in [2.05, 4.69) is 30.5 Å². The zero-order valence-electron chi connectivity index (χ0n) is 9.37. The monoisotopic (exact) mass is 213 g/mol. The summed E-state index contributed by atoms with van der Waals surface area (Å²) in [6.07, 6.45) is 0.723. The minimum Gasteiger partial charge on any atom is -0.411 e. The van der Waals surface area contributed by atoms with Crippen molar-refractivity contribution in [2.45, 2.75) is 39.1 Å². The van der Waals surface area contributed by atoms with Crippen LogP contribution in [0.5, 0.6) is 0 Å². The smallest absolute Gasteiger partial charge is 0.0968 e. The molecule has 0 saturated carbocycles. The predicted molar refractivity (Wildman–Crippen MR) is 60.7 cm³/mol. The second-order valence-electron chi connectivity index (χ2n) is 4.89. The van der Waals surface area contributed by atoms with Crippen molar-refractivity contribution in [1.82, 2.24) is 0 Å². The summed E-state index contributed by atoms with van der Waals surface area (Å²) in [6, 6.07) is 0. The standard InChI is InChI=1S/C10H19NO2Si/c1-8-10(11-12)5-9(6-13-8)7-14(2,3)4/h7-8,12H,5-6H2,1-4H3/b9-7+,11-10-/t8-/m0/s1. The first-order valence-corrected chi connectivity index (χ1v) is 8.53. The van der Waals surface area contributed by atoms with E-state index < -0.39 is 8.07 Å². The van der Waals surface area contributed by atoms with Gasteiger partial charge in [0.05, 0.1) is 26.5 Å². The lowest BCUT2D eigenvalue weighted by atomic mass is 10.0. The summed E-state index contributed by atoms with van der Waals surface area (Å²) >= 11 is 0. The topological polar surface area (TPSA) is 41.8 Å². The number of hydrogen-bond donors (Lipinski definition) is 1. The van der Waals surface area contributed by atoms with Gasteiger partial charge >= 0.3 is 0 Å². The van der Waals surface area contributed by atoms with E-state index in [4.69, 9.17) is 9.94 Å². The molecule has 0 bridgehead atoms. The Bertz CT molecular complexity index is 266. The Morgan fingerprint density at radius 2 is 2.14 bits per heavy atom. The van der Waals surface area contributed by atoms with Crippen molar-refractivity contribution in [3.63, 3.8) is 0 Å². The molecular formula is C10H19NO2Si. The van der Waals surface area contributed by atoms with Gasteiger partial charge in [-0.3, -0.25) is 0 Å². The Kier molecular flexibility index (Phi) is 3.50. The third kappa shape index (κ3) is 3.27. The van der Waals surface area contributed by atoms with E-state index >= 15 is 0 Å². The van der Waals surface area contributed by atoms with E-state index in [0.29, 0.717) is 6.61 Å². The maximum Gasteiger partial charge on any atom is 0.0968 e. The zero-order chi connectivity index (χ0) is 10.8. The molecule has 80 valence electrons. The fourth-order valence-electron chi connectivity index (χ4n) is 1.58. The molecule has 1 atom stereocenters. The lowest BCUT2D eigenvalue weighted by Crippen LogP contribution is -2.30. The van der Waals surface area contributed by atoms with E-state index in [9.17, 15) is 0 Å². The van der Waals surface area contributed by atoms with Crippen LogP contribution >= 0.6 is 0 Å². The second kappa shape index (κ2) is 4.27. The molecule has 0 unspecified atom stereocenters. The highest BCUT2D eigenvalue weighted by Gasteiger charge is 2.22. The van der Waals surface area contributed by atoms with E-state index in [-0.39, 0.29) is 6.10 Å². The van der Waals surface area contributed by atoms with Gasteiger partial charge in [0.1, 0.15) is 0 Å². The Balaban J connectivity index is 2.73. The van der Waals surface area contributed by atoms with Gasteiger partial charge in [-0.05, 0) is 12.5 Å². The van der Waals surface area contributed by atoms with Crippen LogP contribution in [0.25, 0.3) is 0 Å². The molecule has 0 radical (unpaired) electrons. The molecule has 1 saturated heterocycles. The Hall–Kier alpha value is -0.613. The van der Waals surface area contributed by atoms with Crippen LogP contribution < -0.4 is 0 Å². The third-order valence-electron chi connectivity index (χ3n) is 2.16. The molecule has 0 aromatic carbocycles. The SMILES string of the molecule is C[C@@H]1OC/C(=C/[Si](C)(C)C)C/C1=N/O. The van der Waals surface area contributed by atoms with Gasteiger partial charge in [0.2, 0.25) is 0 Å². The molecule has 4 heteroatoms. The van der Waals surface area contributed by atoms with Gasteiger partial charge in [-0.15, -0.1) is 0 Å². The molecule has 1 N–H and O–H groups in total. The first-order chi connectivity index (χ1) is 6.42. The van der Waals surface area contributed by atoms with Crippen LogP contribution in [-0.4, -0.2) is 31.7 Å². The van der Waals surface area contributed by atoms with Crippen LogP contribution in [0, 0.1) is 0 Å². The lowest BCUT2D eigenvalue weighted by molar-refractivity contribution is 0.114. The van der Waals surface area contributed by atoms with Crippen LogP contribution in [-0.2, 0) is 4.74 Å². The Labute approximate surface area is 86.5 Å².